The van der Waals surface area contributed by atoms with Crippen molar-refractivity contribution in [2.45, 2.75) is 6.92 Å². The third kappa shape index (κ3) is 7.27. The molecule has 0 amide bonds. The molecular weight excluding hydrogens is 223 g/mol. The lowest BCUT2D eigenvalue weighted by atomic mass is 10.3. The molecule has 2 N–H and O–H groups in total. The number of hydrogen-bond donors (Lipinski definition) is 2. The van der Waals surface area contributed by atoms with E-state index in [4.69, 9.17) is 14.7 Å². The third-order valence-corrected chi connectivity index (χ3v) is 2.84. The predicted octanol–water partition coefficient (Wildman–Crippen LogP) is 0.866. The molecule has 0 aromatic rings. The summed E-state index contributed by atoms with van der Waals surface area (Å²) in [5.41, 5.74) is -0.0980. The lowest BCUT2D eigenvalue weighted by Gasteiger charge is -2.10. The van der Waals surface area contributed by atoms with Crippen LogP contribution in [0.4, 0.5) is 0 Å². The van der Waals surface area contributed by atoms with Crippen molar-refractivity contribution in [1.82, 2.24) is 0 Å². The van der Waals surface area contributed by atoms with Crippen molar-refractivity contribution in [2.24, 2.45) is 0 Å². The first-order valence-electron chi connectivity index (χ1n) is 4.34. The fourth-order valence-electron chi connectivity index (χ4n) is 0.703. The summed E-state index contributed by atoms with van der Waals surface area (Å²) < 4.78 is 20.5. The van der Waals surface area contributed by atoms with Crippen LogP contribution in [0.2, 0.25) is 0 Å². The van der Waals surface area contributed by atoms with Crippen LogP contribution in [-0.4, -0.2) is 42.0 Å². The van der Waals surface area contributed by atoms with Crippen LogP contribution in [0.1, 0.15) is 6.92 Å². The van der Waals surface area contributed by atoms with E-state index in [1.54, 1.807) is 6.92 Å². The van der Waals surface area contributed by atoms with Gasteiger partial charge in [0.2, 0.25) is 0 Å². The molecule has 0 fully saturated rings. The SMILES string of the molecule is C=C(COCCP(=O)(O)OCC)C(=O)O. The summed E-state index contributed by atoms with van der Waals surface area (Å²) in [6.45, 7) is 4.79. The number of carbonyl (C=O) groups is 1. The Bertz CT molecular complexity index is 274. The van der Waals surface area contributed by atoms with E-state index in [9.17, 15) is 9.36 Å². The first kappa shape index (κ1) is 14.3. The van der Waals surface area contributed by atoms with Crippen molar-refractivity contribution in [3.05, 3.63) is 12.2 Å². The van der Waals surface area contributed by atoms with Gasteiger partial charge in [0.1, 0.15) is 0 Å². The Hall–Kier alpha value is -0.680. The Morgan fingerprint density at radius 3 is 2.60 bits per heavy atom. The van der Waals surface area contributed by atoms with Gasteiger partial charge >= 0.3 is 13.6 Å². The highest BCUT2D eigenvalue weighted by atomic mass is 31.2. The highest BCUT2D eigenvalue weighted by Gasteiger charge is 2.17. The molecule has 0 aliphatic carbocycles. The number of rotatable bonds is 8. The summed E-state index contributed by atoms with van der Waals surface area (Å²) in [5.74, 6) is -1.15. The molecule has 0 bridgehead atoms. The Morgan fingerprint density at radius 2 is 2.13 bits per heavy atom. The van der Waals surface area contributed by atoms with Crippen LogP contribution >= 0.6 is 7.60 Å². The zero-order valence-corrected chi connectivity index (χ0v) is 9.40. The molecule has 0 aliphatic heterocycles. The number of carboxylic acid groups (broad SMARTS) is 1. The van der Waals surface area contributed by atoms with Crippen LogP contribution in [0.5, 0.6) is 0 Å². The first-order valence-corrected chi connectivity index (χ1v) is 6.10. The molecule has 0 aromatic heterocycles. The van der Waals surface area contributed by atoms with Gasteiger partial charge in [-0.2, -0.15) is 0 Å². The quantitative estimate of drug-likeness (QED) is 0.370. The highest BCUT2D eigenvalue weighted by Crippen LogP contribution is 2.40. The Morgan fingerprint density at radius 1 is 1.53 bits per heavy atom. The van der Waals surface area contributed by atoms with E-state index in [2.05, 4.69) is 11.1 Å². The van der Waals surface area contributed by atoms with E-state index in [1.165, 1.54) is 0 Å². The fourth-order valence-corrected chi connectivity index (χ4v) is 1.60. The lowest BCUT2D eigenvalue weighted by molar-refractivity contribution is -0.133. The fraction of sp³-hybridized carbons (Fsp3) is 0.625. The smallest absolute Gasteiger partial charge is 0.333 e. The summed E-state index contributed by atoms with van der Waals surface area (Å²) in [6, 6.07) is 0. The molecule has 0 saturated heterocycles. The molecule has 88 valence electrons. The van der Waals surface area contributed by atoms with E-state index >= 15 is 0 Å². The van der Waals surface area contributed by atoms with Crippen molar-refractivity contribution >= 4 is 13.6 Å². The van der Waals surface area contributed by atoms with E-state index in [0.29, 0.717) is 0 Å². The molecule has 0 aromatic carbocycles. The summed E-state index contributed by atoms with van der Waals surface area (Å²) >= 11 is 0. The van der Waals surface area contributed by atoms with Gasteiger partial charge in [0.15, 0.2) is 0 Å². The van der Waals surface area contributed by atoms with Gasteiger partial charge < -0.3 is 19.3 Å². The molecule has 0 heterocycles. The van der Waals surface area contributed by atoms with Gasteiger partial charge in [0.05, 0.1) is 31.6 Å². The van der Waals surface area contributed by atoms with Gasteiger partial charge in [-0.15, -0.1) is 0 Å². The largest absolute Gasteiger partial charge is 0.478 e. The third-order valence-electron chi connectivity index (χ3n) is 1.43. The van der Waals surface area contributed by atoms with Gasteiger partial charge in [-0.25, -0.2) is 4.79 Å². The van der Waals surface area contributed by atoms with Crippen LogP contribution in [0, 0.1) is 0 Å². The lowest BCUT2D eigenvalue weighted by Crippen LogP contribution is -2.10. The number of carboxylic acids is 1. The number of ether oxygens (including phenoxy) is 1. The van der Waals surface area contributed by atoms with Crippen molar-refractivity contribution in [3.63, 3.8) is 0 Å². The van der Waals surface area contributed by atoms with Crippen molar-refractivity contribution in [1.29, 1.82) is 0 Å². The second-order valence-electron chi connectivity index (χ2n) is 2.74. The summed E-state index contributed by atoms with van der Waals surface area (Å²) in [4.78, 5) is 19.4. The summed E-state index contributed by atoms with van der Waals surface area (Å²) in [5, 5.41) is 8.42. The molecular formula is C8H15O6P. The number of hydrogen-bond acceptors (Lipinski definition) is 4. The van der Waals surface area contributed by atoms with Crippen molar-refractivity contribution < 1.29 is 28.6 Å². The molecule has 0 radical (unpaired) electrons. The molecule has 0 spiro atoms. The number of aliphatic carboxylic acids is 1. The topological polar surface area (TPSA) is 93.1 Å². The molecule has 0 rings (SSSR count). The van der Waals surface area contributed by atoms with Crippen LogP contribution in [0.25, 0.3) is 0 Å². The minimum absolute atomic E-state index is 0.0416. The Balaban J connectivity index is 3.67. The van der Waals surface area contributed by atoms with Gasteiger partial charge in [-0.05, 0) is 6.92 Å². The minimum atomic E-state index is -3.58. The molecule has 15 heavy (non-hydrogen) atoms. The highest BCUT2D eigenvalue weighted by molar-refractivity contribution is 7.52. The van der Waals surface area contributed by atoms with E-state index in [-0.39, 0.29) is 31.6 Å². The zero-order chi connectivity index (χ0) is 11.9. The second-order valence-corrected chi connectivity index (χ2v) is 4.72. The van der Waals surface area contributed by atoms with E-state index in [0.717, 1.165) is 0 Å². The standard InChI is InChI=1S/C8H15O6P/c1-3-14-15(11,12)5-4-13-6-7(2)8(9)10/h2-6H2,1H3,(H,9,10)(H,11,12). The Kier molecular flexibility index (Phi) is 6.43. The Labute approximate surface area is 88.0 Å². The maximum absolute atomic E-state index is 11.1. The molecule has 6 nitrogen and oxygen atoms in total. The monoisotopic (exact) mass is 238 g/mol. The maximum Gasteiger partial charge on any atom is 0.333 e. The van der Waals surface area contributed by atoms with Gasteiger partial charge in [0, 0.05) is 0 Å². The summed E-state index contributed by atoms with van der Waals surface area (Å²) in [7, 11) is -3.58. The molecule has 1 atom stereocenters. The first-order chi connectivity index (χ1) is 6.89. The molecule has 0 saturated carbocycles. The maximum atomic E-state index is 11.1. The van der Waals surface area contributed by atoms with Crippen molar-refractivity contribution in [3.8, 4) is 0 Å². The zero-order valence-electron chi connectivity index (χ0n) is 8.51. The van der Waals surface area contributed by atoms with E-state index < -0.39 is 13.6 Å². The normalized spacial score (nSPS) is 14.5. The van der Waals surface area contributed by atoms with E-state index in [1.807, 2.05) is 0 Å². The predicted molar refractivity (Wildman–Crippen MR) is 53.9 cm³/mol. The molecule has 1 unspecified atom stereocenters. The average Bonchev–Trinajstić information content (AvgIpc) is 2.11. The summed E-state index contributed by atoms with van der Waals surface area (Å²) in [6.07, 6.45) is -0.159. The van der Waals surface area contributed by atoms with Gasteiger partial charge in [-0.1, -0.05) is 6.58 Å². The van der Waals surface area contributed by atoms with Crippen molar-refractivity contribution in [2.75, 3.05) is 26.0 Å². The van der Waals surface area contributed by atoms with Crippen LogP contribution in [-0.2, 0) is 18.6 Å². The minimum Gasteiger partial charge on any atom is -0.478 e. The van der Waals surface area contributed by atoms with Crippen LogP contribution < -0.4 is 0 Å². The van der Waals surface area contributed by atoms with Gasteiger partial charge in [0.25, 0.3) is 0 Å². The van der Waals surface area contributed by atoms with Gasteiger partial charge in [-0.3, -0.25) is 4.57 Å². The van der Waals surface area contributed by atoms with Crippen LogP contribution in [0.15, 0.2) is 12.2 Å². The average molecular weight is 238 g/mol. The molecule has 0 aliphatic rings. The molecule has 7 heteroatoms. The van der Waals surface area contributed by atoms with Crippen LogP contribution in [0.3, 0.4) is 0 Å². The second kappa shape index (κ2) is 6.74.